The minimum Gasteiger partial charge on any atom is -0.352 e. The van der Waals surface area contributed by atoms with E-state index in [1.165, 1.54) is 24.0 Å². The Kier molecular flexibility index (Phi) is 7.45. The van der Waals surface area contributed by atoms with Gasteiger partial charge >= 0.3 is 0 Å². The van der Waals surface area contributed by atoms with Crippen LogP contribution in [0.3, 0.4) is 0 Å². The Morgan fingerprint density at radius 2 is 1.92 bits per heavy atom. The van der Waals surface area contributed by atoms with Crippen molar-refractivity contribution in [2.45, 2.75) is 57.9 Å². The fourth-order valence-corrected chi connectivity index (χ4v) is 3.74. The summed E-state index contributed by atoms with van der Waals surface area (Å²) in [4.78, 5) is 24.5. The first-order valence-electron chi connectivity index (χ1n) is 9.28. The van der Waals surface area contributed by atoms with Gasteiger partial charge in [0.1, 0.15) is 0 Å². The molecule has 2 aliphatic rings. The van der Waals surface area contributed by atoms with Gasteiger partial charge in [-0.05, 0) is 61.8 Å². The molecule has 5 heteroatoms. The Labute approximate surface area is 156 Å². The predicted octanol–water partition coefficient (Wildman–Crippen LogP) is 3.06. The third kappa shape index (κ3) is 5.29. The van der Waals surface area contributed by atoms with Crippen molar-refractivity contribution in [3.8, 4) is 0 Å². The Bertz CT molecular complexity index is 618. The maximum atomic E-state index is 12.4. The van der Waals surface area contributed by atoms with Gasteiger partial charge in [-0.15, -0.1) is 12.4 Å². The summed E-state index contributed by atoms with van der Waals surface area (Å²) in [6.45, 7) is 4.01. The van der Waals surface area contributed by atoms with E-state index in [2.05, 4.69) is 23.6 Å². The number of halogens is 1. The van der Waals surface area contributed by atoms with Gasteiger partial charge in [-0.1, -0.05) is 19.1 Å². The molecule has 1 aliphatic carbocycles. The first-order valence-corrected chi connectivity index (χ1v) is 9.28. The van der Waals surface area contributed by atoms with Crippen LogP contribution in [0.15, 0.2) is 18.2 Å². The molecule has 0 radical (unpaired) electrons. The van der Waals surface area contributed by atoms with Crippen molar-refractivity contribution < 1.29 is 9.59 Å². The number of carbonyl (C=O) groups is 2. The second-order valence-electron chi connectivity index (χ2n) is 7.26. The van der Waals surface area contributed by atoms with Gasteiger partial charge in [-0.2, -0.15) is 0 Å². The van der Waals surface area contributed by atoms with Crippen LogP contribution in [0.1, 0.15) is 60.5 Å². The highest BCUT2D eigenvalue weighted by atomic mass is 35.5. The highest BCUT2D eigenvalue weighted by Crippen LogP contribution is 2.23. The summed E-state index contributed by atoms with van der Waals surface area (Å²) in [5.41, 5.74) is 3.46. The van der Waals surface area contributed by atoms with Crippen LogP contribution in [0, 0.1) is 5.92 Å². The van der Waals surface area contributed by atoms with Crippen LogP contribution in [-0.4, -0.2) is 30.8 Å². The number of nitrogens with one attached hydrogen (secondary N) is 2. The van der Waals surface area contributed by atoms with Gasteiger partial charge in [0.05, 0.1) is 0 Å². The quantitative estimate of drug-likeness (QED) is 0.789. The Balaban J connectivity index is 0.00000225. The average Bonchev–Trinajstić information content (AvgIpc) is 2.61. The monoisotopic (exact) mass is 364 g/mol. The number of amides is 1. The third-order valence-electron chi connectivity index (χ3n) is 5.42. The fraction of sp³-hybridized carbons (Fsp3) is 0.600. The summed E-state index contributed by atoms with van der Waals surface area (Å²) < 4.78 is 0. The van der Waals surface area contributed by atoms with Crippen LogP contribution in [0.4, 0.5) is 0 Å². The molecule has 2 atom stereocenters. The minimum absolute atomic E-state index is 0. The number of piperidine rings is 1. The number of hydrogen-bond acceptors (Lipinski definition) is 3. The van der Waals surface area contributed by atoms with Crippen molar-refractivity contribution in [3.63, 3.8) is 0 Å². The van der Waals surface area contributed by atoms with Gasteiger partial charge < -0.3 is 10.6 Å². The maximum Gasteiger partial charge on any atom is 0.220 e. The molecular formula is C20H29ClN2O2. The molecule has 0 bridgehead atoms. The topological polar surface area (TPSA) is 58.2 Å². The Morgan fingerprint density at radius 3 is 2.68 bits per heavy atom. The van der Waals surface area contributed by atoms with Crippen LogP contribution in [0.5, 0.6) is 0 Å². The summed E-state index contributed by atoms with van der Waals surface area (Å²) in [6.07, 6.45) is 6.30. The van der Waals surface area contributed by atoms with Crippen LogP contribution in [0.2, 0.25) is 0 Å². The van der Waals surface area contributed by atoms with E-state index in [0.29, 0.717) is 12.3 Å². The molecule has 1 saturated heterocycles. The normalized spacial score (nSPS) is 22.4. The molecule has 1 aromatic carbocycles. The summed E-state index contributed by atoms with van der Waals surface area (Å²) in [6, 6.07) is 6.25. The first-order chi connectivity index (χ1) is 11.6. The number of ketones is 1. The number of Topliss-reactive ketones (excluding diaryl/α,β-unsaturated/α-hetero) is 1. The van der Waals surface area contributed by atoms with Gasteiger partial charge in [0.25, 0.3) is 0 Å². The lowest BCUT2D eigenvalue weighted by Crippen LogP contribution is -2.50. The molecule has 0 aromatic heterocycles. The van der Waals surface area contributed by atoms with Crippen LogP contribution in [-0.2, 0) is 17.6 Å². The van der Waals surface area contributed by atoms with Gasteiger partial charge in [0.2, 0.25) is 5.91 Å². The van der Waals surface area contributed by atoms with Gasteiger partial charge in [-0.25, -0.2) is 0 Å². The Morgan fingerprint density at radius 1 is 1.16 bits per heavy atom. The third-order valence-corrected chi connectivity index (χ3v) is 5.42. The molecule has 3 rings (SSSR count). The molecular weight excluding hydrogens is 336 g/mol. The average molecular weight is 365 g/mol. The molecule has 1 aliphatic heterocycles. The number of carbonyl (C=O) groups excluding carboxylic acids is 2. The largest absolute Gasteiger partial charge is 0.352 e. The fourth-order valence-electron chi connectivity index (χ4n) is 3.74. The van der Waals surface area contributed by atoms with Gasteiger partial charge in [-0.3, -0.25) is 9.59 Å². The smallest absolute Gasteiger partial charge is 0.220 e. The summed E-state index contributed by atoms with van der Waals surface area (Å²) in [5, 5.41) is 6.38. The lowest BCUT2D eigenvalue weighted by molar-refractivity contribution is -0.122. The number of aryl methyl sites for hydroxylation is 2. The molecule has 1 fully saturated rings. The number of hydrogen-bond donors (Lipinski definition) is 2. The molecule has 1 heterocycles. The number of rotatable bonds is 5. The van der Waals surface area contributed by atoms with E-state index in [4.69, 9.17) is 0 Å². The van der Waals surface area contributed by atoms with E-state index in [0.717, 1.165) is 37.9 Å². The van der Waals surface area contributed by atoms with E-state index in [-0.39, 0.29) is 36.6 Å². The summed E-state index contributed by atoms with van der Waals surface area (Å²) in [5.74, 6) is 0.557. The first kappa shape index (κ1) is 19.9. The van der Waals surface area contributed by atoms with Crippen molar-refractivity contribution >= 4 is 24.1 Å². The highest BCUT2D eigenvalue weighted by Gasteiger charge is 2.22. The second kappa shape index (κ2) is 9.35. The van der Waals surface area contributed by atoms with Crippen molar-refractivity contribution in [1.29, 1.82) is 0 Å². The summed E-state index contributed by atoms with van der Waals surface area (Å²) in [7, 11) is 0. The summed E-state index contributed by atoms with van der Waals surface area (Å²) >= 11 is 0. The van der Waals surface area contributed by atoms with E-state index >= 15 is 0 Å². The molecule has 0 saturated carbocycles. The number of fused-ring (bicyclic) bond motifs is 1. The van der Waals surface area contributed by atoms with Crippen molar-refractivity contribution in [1.82, 2.24) is 10.6 Å². The molecule has 1 aromatic rings. The van der Waals surface area contributed by atoms with E-state index in [1.54, 1.807) is 0 Å². The Hall–Kier alpha value is -1.39. The van der Waals surface area contributed by atoms with Crippen LogP contribution in [0.25, 0.3) is 0 Å². The van der Waals surface area contributed by atoms with Gasteiger partial charge in [0.15, 0.2) is 5.78 Å². The second-order valence-corrected chi connectivity index (χ2v) is 7.26. The lowest BCUT2D eigenvalue weighted by atomic mass is 9.89. The van der Waals surface area contributed by atoms with Crippen molar-refractivity contribution in [3.05, 3.63) is 34.9 Å². The molecule has 138 valence electrons. The SMILES string of the molecule is CC1CCNCC1NC(=O)CCC(=O)c1ccc2c(c1)CCCC2.Cl. The zero-order valence-corrected chi connectivity index (χ0v) is 15.8. The molecule has 2 unspecified atom stereocenters. The molecule has 2 N–H and O–H groups in total. The molecule has 1 amide bonds. The zero-order valence-electron chi connectivity index (χ0n) is 15.0. The van der Waals surface area contributed by atoms with Crippen LogP contribution >= 0.6 is 12.4 Å². The molecule has 4 nitrogen and oxygen atoms in total. The predicted molar refractivity (Wildman–Crippen MR) is 102 cm³/mol. The van der Waals surface area contributed by atoms with Crippen molar-refractivity contribution in [2.75, 3.05) is 13.1 Å². The van der Waals surface area contributed by atoms with E-state index in [1.807, 2.05) is 12.1 Å². The van der Waals surface area contributed by atoms with E-state index < -0.39 is 0 Å². The standard InChI is InChI=1S/C20H28N2O2.ClH/c1-14-10-11-21-13-18(14)22-20(24)9-8-19(23)17-7-6-15-4-2-3-5-16(15)12-17;/h6-7,12,14,18,21H,2-5,8-11,13H2,1H3,(H,22,24);1H. The molecule has 25 heavy (non-hydrogen) atoms. The zero-order chi connectivity index (χ0) is 16.9. The maximum absolute atomic E-state index is 12.4. The van der Waals surface area contributed by atoms with Crippen LogP contribution < -0.4 is 10.6 Å². The minimum atomic E-state index is -0.0122. The molecule has 0 spiro atoms. The lowest BCUT2D eigenvalue weighted by Gasteiger charge is -2.30. The van der Waals surface area contributed by atoms with E-state index in [9.17, 15) is 9.59 Å². The number of benzene rings is 1. The van der Waals surface area contributed by atoms with Crippen molar-refractivity contribution in [2.24, 2.45) is 5.92 Å². The highest BCUT2D eigenvalue weighted by molar-refractivity contribution is 5.98. The van der Waals surface area contributed by atoms with Gasteiger partial charge in [0, 0.05) is 31.0 Å².